The molecule has 1 aromatic rings. The van der Waals surface area contributed by atoms with E-state index in [2.05, 4.69) is 23.8 Å². The number of carbonyl (C=O) groups is 1. The van der Waals surface area contributed by atoms with Crippen molar-refractivity contribution in [3.05, 3.63) is 5.56 Å². The van der Waals surface area contributed by atoms with Crippen molar-refractivity contribution in [2.45, 2.75) is 70.8 Å². The maximum absolute atomic E-state index is 12.5. The van der Waals surface area contributed by atoms with E-state index in [1.807, 2.05) is 0 Å². The summed E-state index contributed by atoms with van der Waals surface area (Å²) < 4.78 is 11.5. The number of nitrogen functional groups attached to an aromatic ring is 1. The summed E-state index contributed by atoms with van der Waals surface area (Å²) in [7, 11) is 0. The second-order valence-electron chi connectivity index (χ2n) is 9.11. The Morgan fingerprint density at radius 1 is 1.21 bits per heavy atom. The zero-order valence-corrected chi connectivity index (χ0v) is 17.1. The molecule has 1 unspecified atom stereocenters. The molecule has 2 fully saturated rings. The van der Waals surface area contributed by atoms with Crippen LogP contribution in [-0.4, -0.2) is 41.2 Å². The van der Waals surface area contributed by atoms with Crippen LogP contribution in [0.25, 0.3) is 0 Å². The third-order valence-electron chi connectivity index (χ3n) is 6.13. The molecule has 4 rings (SSSR count). The summed E-state index contributed by atoms with van der Waals surface area (Å²) in [4.78, 5) is 23.1. The summed E-state index contributed by atoms with van der Waals surface area (Å²) in [5.41, 5.74) is 6.80. The van der Waals surface area contributed by atoms with E-state index in [1.165, 1.54) is 12.8 Å². The van der Waals surface area contributed by atoms with Crippen LogP contribution >= 0.6 is 0 Å². The van der Waals surface area contributed by atoms with Gasteiger partial charge in [0.15, 0.2) is 0 Å². The number of nitrogens with zero attached hydrogens (tertiary/aromatic N) is 3. The van der Waals surface area contributed by atoms with Gasteiger partial charge in [-0.2, -0.15) is 9.97 Å². The van der Waals surface area contributed by atoms with Gasteiger partial charge in [-0.15, -0.1) is 0 Å². The number of carbonyl (C=O) groups excluding carboxylic acids is 1. The first-order valence-electron chi connectivity index (χ1n) is 10.6. The van der Waals surface area contributed by atoms with Crippen molar-refractivity contribution < 1.29 is 14.3 Å². The SMILES string of the molecule is CC1(C)CC(CCCN2C(=O)Cc3c(N)nc(OCCC4CC4)nc32)CCO1. The number of hydrogen-bond acceptors (Lipinski definition) is 6. The average Bonchev–Trinajstić information content (AvgIpc) is 3.39. The van der Waals surface area contributed by atoms with Crippen molar-refractivity contribution in [1.82, 2.24) is 9.97 Å². The number of fused-ring (bicyclic) bond motifs is 1. The first-order chi connectivity index (χ1) is 13.4. The Morgan fingerprint density at radius 3 is 2.79 bits per heavy atom. The monoisotopic (exact) mass is 388 g/mol. The summed E-state index contributed by atoms with van der Waals surface area (Å²) in [6.45, 7) is 6.42. The Hall–Kier alpha value is -1.89. The van der Waals surface area contributed by atoms with Crippen molar-refractivity contribution in [3.8, 4) is 6.01 Å². The molecule has 3 aliphatic rings. The molecule has 28 heavy (non-hydrogen) atoms. The van der Waals surface area contributed by atoms with Gasteiger partial charge in [-0.05, 0) is 57.8 Å². The molecule has 2 aliphatic heterocycles. The molecule has 7 heteroatoms. The molecule has 3 heterocycles. The van der Waals surface area contributed by atoms with Crippen LogP contribution in [0.3, 0.4) is 0 Å². The summed E-state index contributed by atoms with van der Waals surface area (Å²) in [6, 6.07) is 0.294. The smallest absolute Gasteiger partial charge is 0.320 e. The molecule has 1 atom stereocenters. The molecular weight excluding hydrogens is 356 g/mol. The minimum absolute atomic E-state index is 0.0344. The number of nitrogens with two attached hydrogens (primary N) is 1. The highest BCUT2D eigenvalue weighted by Crippen LogP contribution is 2.35. The predicted molar refractivity (Wildman–Crippen MR) is 107 cm³/mol. The molecule has 0 aromatic carbocycles. The highest BCUT2D eigenvalue weighted by Gasteiger charge is 2.33. The fourth-order valence-electron chi connectivity index (χ4n) is 4.39. The maximum atomic E-state index is 12.5. The molecule has 1 saturated heterocycles. The molecule has 1 saturated carbocycles. The van der Waals surface area contributed by atoms with Crippen LogP contribution in [-0.2, 0) is 16.0 Å². The average molecular weight is 389 g/mol. The third kappa shape index (κ3) is 4.57. The number of ether oxygens (including phenoxy) is 2. The topological polar surface area (TPSA) is 90.6 Å². The number of rotatable bonds is 8. The van der Waals surface area contributed by atoms with Crippen LogP contribution in [0.2, 0.25) is 0 Å². The second kappa shape index (κ2) is 7.85. The lowest BCUT2D eigenvalue weighted by atomic mass is 9.85. The van der Waals surface area contributed by atoms with Gasteiger partial charge < -0.3 is 15.2 Å². The Bertz CT molecular complexity index is 733. The van der Waals surface area contributed by atoms with E-state index in [9.17, 15) is 4.79 Å². The molecule has 0 bridgehead atoms. The summed E-state index contributed by atoms with van der Waals surface area (Å²) >= 11 is 0. The van der Waals surface area contributed by atoms with Crippen LogP contribution in [0.1, 0.15) is 64.4 Å². The highest BCUT2D eigenvalue weighted by molar-refractivity contribution is 6.01. The second-order valence-corrected chi connectivity index (χ2v) is 9.11. The third-order valence-corrected chi connectivity index (χ3v) is 6.13. The van der Waals surface area contributed by atoms with Gasteiger partial charge in [0, 0.05) is 18.7 Å². The quantitative estimate of drug-likeness (QED) is 0.736. The van der Waals surface area contributed by atoms with Crippen molar-refractivity contribution in [1.29, 1.82) is 0 Å². The van der Waals surface area contributed by atoms with Gasteiger partial charge >= 0.3 is 6.01 Å². The molecule has 0 spiro atoms. The van der Waals surface area contributed by atoms with Gasteiger partial charge in [-0.25, -0.2) is 0 Å². The van der Waals surface area contributed by atoms with Gasteiger partial charge in [-0.3, -0.25) is 9.69 Å². The maximum Gasteiger partial charge on any atom is 0.320 e. The van der Waals surface area contributed by atoms with Gasteiger partial charge in [0.2, 0.25) is 5.91 Å². The van der Waals surface area contributed by atoms with E-state index in [1.54, 1.807) is 4.90 Å². The zero-order chi connectivity index (χ0) is 19.7. The summed E-state index contributed by atoms with van der Waals surface area (Å²) in [6.07, 6.45) is 8.13. The summed E-state index contributed by atoms with van der Waals surface area (Å²) in [5, 5.41) is 0. The van der Waals surface area contributed by atoms with Crippen LogP contribution in [0.4, 0.5) is 11.6 Å². The first-order valence-corrected chi connectivity index (χ1v) is 10.6. The van der Waals surface area contributed by atoms with E-state index in [0.29, 0.717) is 36.7 Å². The predicted octanol–water partition coefficient (Wildman–Crippen LogP) is 3.11. The largest absolute Gasteiger partial charge is 0.463 e. The molecule has 2 N–H and O–H groups in total. The first kappa shape index (κ1) is 19.4. The fourth-order valence-corrected chi connectivity index (χ4v) is 4.39. The molecule has 1 amide bonds. The number of anilines is 2. The van der Waals surface area contributed by atoms with Crippen LogP contribution in [0.5, 0.6) is 6.01 Å². The lowest BCUT2D eigenvalue weighted by Gasteiger charge is -2.35. The molecule has 154 valence electrons. The van der Waals surface area contributed by atoms with E-state index in [0.717, 1.165) is 50.2 Å². The standard InChI is InChI=1S/C21H32N4O3/c1-21(2)13-15(8-11-28-21)4-3-9-25-17(26)12-16-18(22)23-20(24-19(16)25)27-10-7-14-5-6-14/h14-15H,3-13H2,1-2H3,(H2,22,23,24). The Balaban J connectivity index is 1.35. The Labute approximate surface area is 167 Å². The van der Waals surface area contributed by atoms with Crippen LogP contribution < -0.4 is 15.4 Å². The molecule has 7 nitrogen and oxygen atoms in total. The van der Waals surface area contributed by atoms with Gasteiger partial charge in [-0.1, -0.05) is 12.8 Å². The molecule has 1 aromatic heterocycles. The van der Waals surface area contributed by atoms with Crippen molar-refractivity contribution >= 4 is 17.5 Å². The van der Waals surface area contributed by atoms with E-state index in [-0.39, 0.29) is 17.9 Å². The highest BCUT2D eigenvalue weighted by atomic mass is 16.5. The van der Waals surface area contributed by atoms with Crippen LogP contribution in [0, 0.1) is 11.8 Å². The Morgan fingerprint density at radius 2 is 2.04 bits per heavy atom. The van der Waals surface area contributed by atoms with Crippen molar-refractivity contribution in [2.75, 3.05) is 30.4 Å². The normalized spacial score (nSPS) is 23.7. The van der Waals surface area contributed by atoms with E-state index < -0.39 is 0 Å². The summed E-state index contributed by atoms with van der Waals surface area (Å²) in [5.74, 6) is 2.51. The number of amides is 1. The van der Waals surface area contributed by atoms with E-state index in [4.69, 9.17) is 15.2 Å². The van der Waals surface area contributed by atoms with Gasteiger partial charge in [0.25, 0.3) is 0 Å². The minimum atomic E-state index is -0.0344. The van der Waals surface area contributed by atoms with E-state index >= 15 is 0 Å². The van der Waals surface area contributed by atoms with Crippen LogP contribution in [0.15, 0.2) is 0 Å². The zero-order valence-electron chi connectivity index (χ0n) is 17.1. The number of hydrogen-bond donors (Lipinski definition) is 1. The lowest BCUT2D eigenvalue weighted by Crippen LogP contribution is -2.34. The van der Waals surface area contributed by atoms with Gasteiger partial charge in [0.05, 0.1) is 18.6 Å². The molecule has 1 aliphatic carbocycles. The minimum Gasteiger partial charge on any atom is -0.463 e. The molecule has 0 radical (unpaired) electrons. The van der Waals surface area contributed by atoms with Crippen molar-refractivity contribution in [2.24, 2.45) is 11.8 Å². The fraction of sp³-hybridized carbons (Fsp3) is 0.762. The lowest BCUT2D eigenvalue weighted by molar-refractivity contribution is -0.117. The van der Waals surface area contributed by atoms with Gasteiger partial charge in [0.1, 0.15) is 11.6 Å². The van der Waals surface area contributed by atoms with Crippen molar-refractivity contribution in [3.63, 3.8) is 0 Å². The Kier molecular flexibility index (Phi) is 5.45. The number of aromatic nitrogens is 2. The molecular formula is C21H32N4O3.